The van der Waals surface area contributed by atoms with Gasteiger partial charge in [-0.1, -0.05) is 0 Å². The molecule has 0 aliphatic carbocycles. The van der Waals surface area contributed by atoms with Gasteiger partial charge in [0.1, 0.15) is 23.4 Å². The van der Waals surface area contributed by atoms with Crippen LogP contribution in [0.15, 0.2) is 48.5 Å². The van der Waals surface area contributed by atoms with E-state index in [1.807, 2.05) is 0 Å². The zero-order valence-electron chi connectivity index (χ0n) is 15.6. The summed E-state index contributed by atoms with van der Waals surface area (Å²) in [5.74, 6) is -0.0347. The summed E-state index contributed by atoms with van der Waals surface area (Å²) >= 11 is 5.00. The van der Waals surface area contributed by atoms with Gasteiger partial charge in [0.25, 0.3) is 5.69 Å². The standard InChI is InChI=1S/C19H18FNO8S/c1-10-15(22)17(16(23)18(26-10)27-13-6-2-11(20)3-7-13)29-19(30)28-14-8-4-12(5-9-14)21(24)25/h2-10,15-18,22-23H,1H3/t10-,15-,16+,17+,18-/m0/s1. The molecule has 0 radical (unpaired) electrons. The van der Waals surface area contributed by atoms with Crippen LogP contribution < -0.4 is 9.47 Å². The molecule has 2 N–H and O–H groups in total. The summed E-state index contributed by atoms with van der Waals surface area (Å²) in [5.41, 5.74) is -0.126. The third-order valence-electron chi connectivity index (χ3n) is 4.33. The Kier molecular flexibility index (Phi) is 6.77. The van der Waals surface area contributed by atoms with E-state index in [9.17, 15) is 24.7 Å². The zero-order chi connectivity index (χ0) is 21.8. The van der Waals surface area contributed by atoms with E-state index in [2.05, 4.69) is 0 Å². The van der Waals surface area contributed by atoms with E-state index >= 15 is 0 Å². The highest BCUT2D eigenvalue weighted by Gasteiger charge is 2.46. The predicted molar refractivity (Wildman–Crippen MR) is 105 cm³/mol. The van der Waals surface area contributed by atoms with Crippen LogP contribution in [0.25, 0.3) is 0 Å². The van der Waals surface area contributed by atoms with Gasteiger partial charge in [-0.2, -0.15) is 0 Å². The molecule has 1 heterocycles. The molecule has 1 saturated heterocycles. The Hall–Kier alpha value is -2.86. The van der Waals surface area contributed by atoms with Crippen LogP contribution in [0.4, 0.5) is 10.1 Å². The van der Waals surface area contributed by atoms with Crippen molar-refractivity contribution < 1.29 is 38.5 Å². The van der Waals surface area contributed by atoms with Crippen LogP contribution in [0.1, 0.15) is 6.92 Å². The van der Waals surface area contributed by atoms with Crippen LogP contribution in [0.3, 0.4) is 0 Å². The Balaban J connectivity index is 1.65. The Morgan fingerprint density at radius 2 is 1.70 bits per heavy atom. The van der Waals surface area contributed by atoms with Crippen molar-refractivity contribution >= 4 is 23.1 Å². The Labute approximate surface area is 175 Å². The fourth-order valence-electron chi connectivity index (χ4n) is 2.75. The maximum absolute atomic E-state index is 13.1. The molecule has 2 aromatic carbocycles. The predicted octanol–water partition coefficient (Wildman–Crippen LogP) is 2.33. The lowest BCUT2D eigenvalue weighted by Gasteiger charge is -2.40. The van der Waals surface area contributed by atoms with Gasteiger partial charge in [-0.3, -0.25) is 10.1 Å². The smallest absolute Gasteiger partial charge is 0.358 e. The quantitative estimate of drug-likeness (QED) is 0.411. The minimum Gasteiger partial charge on any atom is -0.462 e. The van der Waals surface area contributed by atoms with Crippen LogP contribution in [-0.4, -0.2) is 51.1 Å². The number of nitro groups is 1. The van der Waals surface area contributed by atoms with Crippen LogP contribution in [-0.2, 0) is 9.47 Å². The summed E-state index contributed by atoms with van der Waals surface area (Å²) in [6.45, 7) is 1.55. The van der Waals surface area contributed by atoms with Crippen molar-refractivity contribution in [1.82, 2.24) is 0 Å². The van der Waals surface area contributed by atoms with Gasteiger partial charge >= 0.3 is 5.24 Å². The second-order valence-electron chi connectivity index (χ2n) is 6.45. The number of aliphatic hydroxyl groups excluding tert-OH is 2. The summed E-state index contributed by atoms with van der Waals surface area (Å²) in [4.78, 5) is 10.1. The van der Waals surface area contributed by atoms with E-state index in [0.29, 0.717) is 0 Å². The third kappa shape index (κ3) is 5.19. The number of nitrogens with zero attached hydrogens (tertiary/aromatic N) is 1. The summed E-state index contributed by atoms with van der Waals surface area (Å²) in [7, 11) is 0. The first kappa shape index (κ1) is 21.8. The van der Waals surface area contributed by atoms with E-state index < -0.39 is 46.7 Å². The van der Waals surface area contributed by atoms with E-state index in [1.165, 1.54) is 48.5 Å². The van der Waals surface area contributed by atoms with Gasteiger partial charge in [-0.05, 0) is 43.3 Å². The number of nitro benzene ring substituents is 1. The van der Waals surface area contributed by atoms with Crippen molar-refractivity contribution in [2.45, 2.75) is 37.6 Å². The lowest BCUT2D eigenvalue weighted by atomic mass is 10.00. The monoisotopic (exact) mass is 439 g/mol. The van der Waals surface area contributed by atoms with Gasteiger partial charge in [-0.25, -0.2) is 4.39 Å². The van der Waals surface area contributed by atoms with E-state index in [4.69, 9.17) is 31.2 Å². The average Bonchev–Trinajstić information content (AvgIpc) is 2.71. The molecule has 1 aliphatic heterocycles. The molecule has 160 valence electrons. The minimum atomic E-state index is -1.46. The van der Waals surface area contributed by atoms with Crippen LogP contribution in [0.2, 0.25) is 0 Å². The van der Waals surface area contributed by atoms with Crippen molar-refractivity contribution in [1.29, 1.82) is 0 Å². The van der Waals surface area contributed by atoms with Crippen molar-refractivity contribution in [3.63, 3.8) is 0 Å². The first-order chi connectivity index (χ1) is 14.2. The molecule has 0 aromatic heterocycles. The molecule has 5 atom stereocenters. The number of hydrogen-bond acceptors (Lipinski definition) is 9. The van der Waals surface area contributed by atoms with Gasteiger partial charge in [0.2, 0.25) is 6.29 Å². The van der Waals surface area contributed by atoms with Crippen LogP contribution in [0, 0.1) is 15.9 Å². The Bertz CT molecular complexity index is 894. The first-order valence-corrected chi connectivity index (χ1v) is 9.22. The number of halogens is 1. The molecule has 0 amide bonds. The molecule has 11 heteroatoms. The topological polar surface area (TPSA) is 121 Å². The molecule has 30 heavy (non-hydrogen) atoms. The number of benzene rings is 2. The molecular formula is C19H18FNO8S. The Morgan fingerprint density at radius 1 is 1.10 bits per heavy atom. The molecule has 0 bridgehead atoms. The Morgan fingerprint density at radius 3 is 2.30 bits per heavy atom. The summed E-state index contributed by atoms with van der Waals surface area (Å²) in [6.07, 6.45) is -5.97. The third-order valence-corrected chi connectivity index (χ3v) is 4.51. The number of hydrogen-bond donors (Lipinski definition) is 2. The summed E-state index contributed by atoms with van der Waals surface area (Å²) < 4.78 is 34.7. The van der Waals surface area contributed by atoms with Gasteiger partial charge in [0.05, 0.1) is 11.0 Å². The largest absolute Gasteiger partial charge is 0.462 e. The molecule has 0 saturated carbocycles. The highest BCUT2D eigenvalue weighted by molar-refractivity contribution is 7.79. The highest BCUT2D eigenvalue weighted by atomic mass is 32.1. The van der Waals surface area contributed by atoms with E-state index in [0.717, 1.165) is 0 Å². The number of ether oxygens (including phenoxy) is 4. The second-order valence-corrected chi connectivity index (χ2v) is 6.78. The van der Waals surface area contributed by atoms with Gasteiger partial charge in [-0.15, -0.1) is 0 Å². The number of rotatable bonds is 5. The lowest BCUT2D eigenvalue weighted by Crippen LogP contribution is -2.59. The maximum atomic E-state index is 13.1. The molecule has 0 unspecified atom stereocenters. The van der Waals surface area contributed by atoms with Crippen LogP contribution >= 0.6 is 12.2 Å². The first-order valence-electron chi connectivity index (χ1n) is 8.81. The average molecular weight is 439 g/mol. The van der Waals surface area contributed by atoms with E-state index in [-0.39, 0.29) is 17.2 Å². The number of thiocarbonyl (C=S) groups is 1. The molecular weight excluding hydrogens is 421 g/mol. The molecule has 1 aliphatic rings. The van der Waals surface area contributed by atoms with Crippen molar-refractivity contribution in [2.75, 3.05) is 0 Å². The van der Waals surface area contributed by atoms with Crippen molar-refractivity contribution in [2.24, 2.45) is 0 Å². The molecule has 9 nitrogen and oxygen atoms in total. The molecule has 0 spiro atoms. The SMILES string of the molecule is C[C@@H]1O[C@@H](Oc2ccc(F)cc2)[C@H](O)[C@H](OC(=S)Oc2ccc([N+](=O)[O-])cc2)[C@H]1O. The maximum Gasteiger partial charge on any atom is 0.358 e. The molecule has 2 aromatic rings. The van der Waals surface area contributed by atoms with Crippen molar-refractivity contribution in [3.8, 4) is 11.5 Å². The minimum absolute atomic E-state index is 0.126. The van der Waals surface area contributed by atoms with Gasteiger partial charge in [0.15, 0.2) is 12.2 Å². The fraction of sp³-hybridized carbons (Fsp3) is 0.316. The molecule has 3 rings (SSSR count). The van der Waals surface area contributed by atoms with Gasteiger partial charge < -0.3 is 29.2 Å². The summed E-state index contributed by atoms with van der Waals surface area (Å²) in [6, 6.07) is 10.2. The molecule has 1 fully saturated rings. The second kappa shape index (κ2) is 9.30. The summed E-state index contributed by atoms with van der Waals surface area (Å²) in [5, 5.41) is 31.2. The van der Waals surface area contributed by atoms with E-state index in [1.54, 1.807) is 6.92 Å². The van der Waals surface area contributed by atoms with Gasteiger partial charge in [0, 0.05) is 24.4 Å². The normalized spacial score (nSPS) is 25.9. The number of non-ortho nitro benzene ring substituents is 1. The van der Waals surface area contributed by atoms with Crippen LogP contribution in [0.5, 0.6) is 11.5 Å². The zero-order valence-corrected chi connectivity index (χ0v) is 16.4. The van der Waals surface area contributed by atoms with Crippen molar-refractivity contribution in [3.05, 3.63) is 64.5 Å². The highest BCUT2D eigenvalue weighted by Crippen LogP contribution is 2.27. The fourth-order valence-corrected chi connectivity index (χ4v) is 2.96. The number of aliphatic hydroxyl groups is 2. The lowest BCUT2D eigenvalue weighted by molar-refractivity contribution is -0.384.